The van der Waals surface area contributed by atoms with E-state index in [4.69, 9.17) is 14.2 Å². The highest BCUT2D eigenvalue weighted by Gasteiger charge is 2.17. The first-order valence-corrected chi connectivity index (χ1v) is 20.8. The molecule has 0 saturated heterocycles. The highest BCUT2D eigenvalue weighted by atomic mass is 16.6. The summed E-state index contributed by atoms with van der Waals surface area (Å²) >= 11 is 0. The molecule has 0 aromatic rings. The average Bonchev–Trinajstić information content (AvgIpc) is 3.11. The summed E-state index contributed by atoms with van der Waals surface area (Å²) < 4.78 is 17.1. The number of allylic oxidation sites excluding steroid dienone is 10. The largest absolute Gasteiger partial charge is 0.462 e. The summed E-state index contributed by atoms with van der Waals surface area (Å²) in [5, 5.41) is 0. The van der Waals surface area contributed by atoms with E-state index < -0.39 is 6.10 Å². The van der Waals surface area contributed by atoms with Gasteiger partial charge in [-0.1, -0.05) is 171 Å². The fraction of sp³-hybridized carbons (Fsp3) is 0.733. The first kappa shape index (κ1) is 47.6. The third-order valence-corrected chi connectivity index (χ3v) is 8.57. The van der Waals surface area contributed by atoms with Crippen LogP contribution >= 0.6 is 0 Å². The molecule has 0 rings (SSSR count). The van der Waals surface area contributed by atoms with Crippen molar-refractivity contribution in [2.75, 3.05) is 19.8 Å². The molecule has 288 valence electrons. The van der Waals surface area contributed by atoms with E-state index in [0.29, 0.717) is 19.4 Å². The first-order chi connectivity index (χ1) is 24.6. The van der Waals surface area contributed by atoms with Gasteiger partial charge in [0.25, 0.3) is 0 Å². The number of unbranched alkanes of at least 4 members (excludes halogenated alkanes) is 16. The van der Waals surface area contributed by atoms with E-state index in [9.17, 15) is 9.59 Å². The number of carbonyl (C=O) groups excluding carboxylic acids is 2. The van der Waals surface area contributed by atoms with Crippen LogP contribution in [0.3, 0.4) is 0 Å². The van der Waals surface area contributed by atoms with E-state index in [-0.39, 0.29) is 25.2 Å². The van der Waals surface area contributed by atoms with Crippen LogP contribution in [0.25, 0.3) is 0 Å². The first-order valence-electron chi connectivity index (χ1n) is 20.8. The van der Waals surface area contributed by atoms with Crippen LogP contribution in [-0.4, -0.2) is 37.9 Å². The van der Waals surface area contributed by atoms with Crippen LogP contribution in [0.2, 0.25) is 0 Å². The van der Waals surface area contributed by atoms with Crippen LogP contribution in [0.4, 0.5) is 0 Å². The molecule has 0 aliphatic carbocycles. The van der Waals surface area contributed by atoms with Crippen LogP contribution < -0.4 is 0 Å². The SMILES string of the molecule is CC/C=C\C/C=C\C/C=C\C/C=C\C/C=C\CCCCOCC(COC(=O)CCCCCCCCCCC)OC(=O)CCCCCCCCC. The molecule has 0 N–H and O–H groups in total. The Morgan fingerprint density at radius 3 is 1.40 bits per heavy atom. The lowest BCUT2D eigenvalue weighted by molar-refractivity contribution is -0.163. The maximum Gasteiger partial charge on any atom is 0.306 e. The van der Waals surface area contributed by atoms with Crippen LogP contribution in [0.15, 0.2) is 60.8 Å². The van der Waals surface area contributed by atoms with Gasteiger partial charge in [0.2, 0.25) is 0 Å². The van der Waals surface area contributed by atoms with E-state index in [1.54, 1.807) is 0 Å². The second kappa shape index (κ2) is 41.0. The summed E-state index contributed by atoms with van der Waals surface area (Å²) in [6.45, 7) is 7.55. The Kier molecular flexibility index (Phi) is 39.1. The van der Waals surface area contributed by atoms with E-state index in [1.165, 1.54) is 70.6 Å². The number of ether oxygens (including phenoxy) is 3. The lowest BCUT2D eigenvalue weighted by Crippen LogP contribution is -2.30. The normalized spacial score (nSPS) is 12.8. The molecule has 0 fully saturated rings. The van der Waals surface area contributed by atoms with Crippen molar-refractivity contribution in [3.63, 3.8) is 0 Å². The van der Waals surface area contributed by atoms with Gasteiger partial charge in [-0.2, -0.15) is 0 Å². The molecule has 0 aromatic heterocycles. The second-order valence-electron chi connectivity index (χ2n) is 13.5. The molecule has 0 aliphatic rings. The standard InChI is InChI=1S/C45H78O5/c1-4-7-10-13-16-18-19-20-21-22-23-24-25-26-28-31-34-37-40-48-41-43(50-45(47)39-36-33-29-15-12-9-6-3)42-49-44(46)38-35-32-30-27-17-14-11-8-5-2/h7,10,16,18,20-21,23-24,26,28,43H,4-6,8-9,11-15,17,19,22,25,27,29-42H2,1-3H3/b10-7-,18-16-,21-20-,24-23-,28-26-. The van der Waals surface area contributed by atoms with Crippen molar-refractivity contribution in [1.29, 1.82) is 0 Å². The molecule has 0 saturated carbocycles. The van der Waals surface area contributed by atoms with Gasteiger partial charge >= 0.3 is 11.9 Å². The quantitative estimate of drug-likeness (QED) is 0.0367. The Morgan fingerprint density at radius 2 is 0.900 bits per heavy atom. The Morgan fingerprint density at radius 1 is 0.460 bits per heavy atom. The van der Waals surface area contributed by atoms with Crippen molar-refractivity contribution >= 4 is 11.9 Å². The Balaban J connectivity index is 4.24. The van der Waals surface area contributed by atoms with E-state index in [1.807, 2.05) is 0 Å². The van der Waals surface area contributed by atoms with Crippen molar-refractivity contribution in [1.82, 2.24) is 0 Å². The molecular weight excluding hydrogens is 620 g/mol. The molecule has 50 heavy (non-hydrogen) atoms. The van der Waals surface area contributed by atoms with Gasteiger partial charge in [-0.3, -0.25) is 9.59 Å². The van der Waals surface area contributed by atoms with Gasteiger partial charge in [0.1, 0.15) is 6.61 Å². The average molecular weight is 699 g/mol. The molecule has 5 heteroatoms. The topological polar surface area (TPSA) is 61.8 Å². The molecule has 0 radical (unpaired) electrons. The maximum absolute atomic E-state index is 12.6. The molecule has 1 atom stereocenters. The Hall–Kier alpha value is -2.40. The summed E-state index contributed by atoms with van der Waals surface area (Å²) in [5.74, 6) is -0.432. The molecule has 0 spiro atoms. The van der Waals surface area contributed by atoms with Crippen LogP contribution in [0, 0.1) is 0 Å². The summed E-state index contributed by atoms with van der Waals surface area (Å²) in [6.07, 6.45) is 49.5. The highest BCUT2D eigenvalue weighted by molar-refractivity contribution is 5.70. The fourth-order valence-electron chi connectivity index (χ4n) is 5.48. The summed E-state index contributed by atoms with van der Waals surface area (Å²) in [7, 11) is 0. The number of carbonyl (C=O) groups is 2. The lowest BCUT2D eigenvalue weighted by Gasteiger charge is -2.18. The summed E-state index contributed by atoms with van der Waals surface area (Å²) in [6, 6.07) is 0. The minimum absolute atomic E-state index is 0.0685. The second-order valence-corrected chi connectivity index (χ2v) is 13.5. The maximum atomic E-state index is 12.6. The van der Waals surface area contributed by atoms with Crippen molar-refractivity contribution < 1.29 is 23.8 Å². The van der Waals surface area contributed by atoms with Crippen molar-refractivity contribution in [2.45, 2.75) is 194 Å². The zero-order valence-corrected chi connectivity index (χ0v) is 32.9. The predicted octanol–water partition coefficient (Wildman–Crippen LogP) is 13.4. The highest BCUT2D eigenvalue weighted by Crippen LogP contribution is 2.12. The Labute approximate surface area is 309 Å². The zero-order valence-electron chi connectivity index (χ0n) is 32.9. The van der Waals surface area contributed by atoms with Gasteiger partial charge in [0.15, 0.2) is 6.10 Å². The van der Waals surface area contributed by atoms with Crippen molar-refractivity contribution in [2.24, 2.45) is 0 Å². The van der Waals surface area contributed by atoms with Gasteiger partial charge in [0, 0.05) is 19.4 Å². The van der Waals surface area contributed by atoms with Gasteiger partial charge in [-0.15, -0.1) is 0 Å². The van der Waals surface area contributed by atoms with Gasteiger partial charge in [-0.05, 0) is 64.2 Å². The third-order valence-electron chi connectivity index (χ3n) is 8.57. The Bertz CT molecular complexity index is 884. The predicted molar refractivity (Wildman–Crippen MR) is 214 cm³/mol. The third kappa shape index (κ3) is 38.4. The molecule has 5 nitrogen and oxygen atoms in total. The van der Waals surface area contributed by atoms with E-state index in [2.05, 4.69) is 81.5 Å². The number of esters is 2. The molecule has 0 bridgehead atoms. The lowest BCUT2D eigenvalue weighted by atomic mass is 10.1. The monoisotopic (exact) mass is 699 g/mol. The number of hydrogen-bond acceptors (Lipinski definition) is 5. The zero-order chi connectivity index (χ0) is 36.4. The summed E-state index contributed by atoms with van der Waals surface area (Å²) in [4.78, 5) is 25.0. The molecule has 0 heterocycles. The van der Waals surface area contributed by atoms with E-state index >= 15 is 0 Å². The van der Waals surface area contributed by atoms with Crippen LogP contribution in [0.1, 0.15) is 188 Å². The van der Waals surface area contributed by atoms with Crippen LogP contribution in [-0.2, 0) is 23.8 Å². The van der Waals surface area contributed by atoms with Gasteiger partial charge < -0.3 is 14.2 Å². The van der Waals surface area contributed by atoms with Crippen molar-refractivity contribution in [3.05, 3.63) is 60.8 Å². The van der Waals surface area contributed by atoms with Crippen LogP contribution in [0.5, 0.6) is 0 Å². The molecule has 0 aromatic carbocycles. The number of rotatable bonds is 37. The van der Waals surface area contributed by atoms with Gasteiger partial charge in [-0.25, -0.2) is 0 Å². The van der Waals surface area contributed by atoms with Crippen molar-refractivity contribution in [3.8, 4) is 0 Å². The van der Waals surface area contributed by atoms with E-state index in [0.717, 1.165) is 83.5 Å². The molecule has 1 unspecified atom stereocenters. The smallest absolute Gasteiger partial charge is 0.306 e. The molecule has 0 aliphatic heterocycles. The summed E-state index contributed by atoms with van der Waals surface area (Å²) in [5.41, 5.74) is 0. The fourth-order valence-corrected chi connectivity index (χ4v) is 5.48. The molecule has 0 amide bonds. The van der Waals surface area contributed by atoms with Gasteiger partial charge in [0.05, 0.1) is 6.61 Å². The minimum Gasteiger partial charge on any atom is -0.462 e. The number of hydrogen-bond donors (Lipinski definition) is 0. The minimum atomic E-state index is -0.551. The molecular formula is C45H78O5.